The number of rotatable bonds is 4. The van der Waals surface area contributed by atoms with E-state index in [0.717, 1.165) is 5.69 Å². The van der Waals surface area contributed by atoms with Gasteiger partial charge in [-0.3, -0.25) is 4.40 Å². The fourth-order valence-corrected chi connectivity index (χ4v) is 10.0. The van der Waals surface area contributed by atoms with Gasteiger partial charge in [0.15, 0.2) is 0 Å². The number of pyridine rings is 1. The van der Waals surface area contributed by atoms with E-state index in [4.69, 9.17) is 0 Å². The van der Waals surface area contributed by atoms with Crippen LogP contribution < -0.4 is 4.90 Å². The highest BCUT2D eigenvalue weighted by Gasteiger charge is 2.36. The highest BCUT2D eigenvalue weighted by molar-refractivity contribution is 7.22. The minimum atomic E-state index is -0.0909. The Bertz CT molecular complexity index is 2940. The third kappa shape index (κ3) is 3.73. The summed E-state index contributed by atoms with van der Waals surface area (Å²) in [5.41, 5.74) is 12.7. The summed E-state index contributed by atoms with van der Waals surface area (Å²) in [7, 11) is 0. The molecule has 3 aromatic heterocycles. The molecular weight excluding hydrogens is 625 g/mol. The Balaban J connectivity index is 1.19. The Morgan fingerprint density at radius 3 is 2.12 bits per heavy atom. The van der Waals surface area contributed by atoms with Crippen LogP contribution in [-0.2, 0) is 5.41 Å². The van der Waals surface area contributed by atoms with Crippen LogP contribution >= 0.6 is 11.3 Å². The van der Waals surface area contributed by atoms with Gasteiger partial charge >= 0.3 is 0 Å². The zero-order chi connectivity index (χ0) is 33.1. The SMILES string of the molecule is CC1(C)c2ccccc2-c2ccc(N(c3ccc(-c4ccccc4)cc3)c3cc4c5cccc6ccc7c8ccccc8n(c4s3)c7c65)cc21. The van der Waals surface area contributed by atoms with Crippen molar-refractivity contribution < 1.29 is 0 Å². The molecule has 0 amide bonds. The molecule has 0 saturated carbocycles. The number of hydrogen-bond donors (Lipinski definition) is 0. The zero-order valence-corrected chi connectivity index (χ0v) is 28.6. The Kier molecular flexibility index (Phi) is 5.64. The van der Waals surface area contributed by atoms with E-state index in [9.17, 15) is 0 Å². The first-order valence-corrected chi connectivity index (χ1v) is 18.2. The van der Waals surface area contributed by atoms with Crippen molar-refractivity contribution in [1.29, 1.82) is 0 Å². The van der Waals surface area contributed by atoms with Gasteiger partial charge in [0.25, 0.3) is 0 Å². The van der Waals surface area contributed by atoms with Crippen LogP contribution in [0.15, 0.2) is 158 Å². The summed E-state index contributed by atoms with van der Waals surface area (Å²) in [6, 6.07) is 58.4. The first-order valence-electron chi connectivity index (χ1n) is 17.4. The third-order valence-corrected chi connectivity index (χ3v) is 12.3. The van der Waals surface area contributed by atoms with Gasteiger partial charge in [0, 0.05) is 38.3 Å². The Morgan fingerprint density at radius 2 is 1.24 bits per heavy atom. The van der Waals surface area contributed by atoms with E-state index in [1.54, 1.807) is 0 Å². The first-order chi connectivity index (χ1) is 24.6. The highest BCUT2D eigenvalue weighted by atomic mass is 32.1. The van der Waals surface area contributed by atoms with Crippen molar-refractivity contribution in [1.82, 2.24) is 4.40 Å². The van der Waals surface area contributed by atoms with Crippen molar-refractivity contribution >= 4 is 75.9 Å². The minimum Gasteiger partial charge on any atom is -0.302 e. The monoisotopic (exact) mass is 656 g/mol. The van der Waals surface area contributed by atoms with E-state index < -0.39 is 0 Å². The van der Waals surface area contributed by atoms with E-state index in [1.165, 1.54) is 92.3 Å². The van der Waals surface area contributed by atoms with Crippen LogP contribution in [0.2, 0.25) is 0 Å². The third-order valence-electron chi connectivity index (χ3n) is 11.1. The topological polar surface area (TPSA) is 7.65 Å². The summed E-state index contributed by atoms with van der Waals surface area (Å²) in [6.45, 7) is 4.73. The van der Waals surface area contributed by atoms with Crippen LogP contribution in [0.5, 0.6) is 0 Å². The number of aromatic nitrogens is 1. The van der Waals surface area contributed by atoms with Gasteiger partial charge in [-0.2, -0.15) is 0 Å². The molecule has 0 unspecified atom stereocenters. The quantitative estimate of drug-likeness (QED) is 0.183. The molecule has 2 nitrogen and oxygen atoms in total. The normalized spacial score (nSPS) is 13.6. The number of para-hydroxylation sites is 1. The number of benzene rings is 7. The van der Waals surface area contributed by atoms with Crippen molar-refractivity contribution in [3.63, 3.8) is 0 Å². The highest BCUT2D eigenvalue weighted by Crippen LogP contribution is 2.52. The predicted molar refractivity (Wildman–Crippen MR) is 214 cm³/mol. The van der Waals surface area contributed by atoms with E-state index >= 15 is 0 Å². The molecule has 0 aliphatic heterocycles. The summed E-state index contributed by atoms with van der Waals surface area (Å²) < 4.78 is 2.53. The maximum atomic E-state index is 2.53. The van der Waals surface area contributed by atoms with Crippen LogP contribution in [-0.4, -0.2) is 4.40 Å². The van der Waals surface area contributed by atoms with Gasteiger partial charge in [-0.25, -0.2) is 0 Å². The van der Waals surface area contributed by atoms with Crippen LogP contribution in [0, 0.1) is 0 Å². The molecule has 3 heteroatoms. The minimum absolute atomic E-state index is 0.0909. The molecule has 7 aromatic carbocycles. The Labute approximate surface area is 294 Å². The van der Waals surface area contributed by atoms with Crippen LogP contribution in [0.25, 0.3) is 70.4 Å². The summed E-state index contributed by atoms with van der Waals surface area (Å²) in [6.07, 6.45) is 0. The molecule has 0 saturated heterocycles. The number of hydrogen-bond acceptors (Lipinski definition) is 2. The van der Waals surface area contributed by atoms with Crippen molar-refractivity contribution in [3.05, 3.63) is 169 Å². The molecule has 0 radical (unpaired) electrons. The fourth-order valence-electron chi connectivity index (χ4n) is 8.77. The van der Waals surface area contributed by atoms with E-state index in [-0.39, 0.29) is 5.41 Å². The largest absolute Gasteiger partial charge is 0.302 e. The lowest BCUT2D eigenvalue weighted by molar-refractivity contribution is 0.660. The van der Waals surface area contributed by atoms with Gasteiger partial charge in [-0.05, 0) is 80.6 Å². The van der Waals surface area contributed by atoms with Gasteiger partial charge in [-0.1, -0.05) is 147 Å². The van der Waals surface area contributed by atoms with E-state index in [1.807, 2.05) is 11.3 Å². The maximum absolute atomic E-state index is 2.53. The molecule has 0 bridgehead atoms. The molecule has 0 spiro atoms. The van der Waals surface area contributed by atoms with Crippen molar-refractivity contribution in [3.8, 4) is 22.3 Å². The molecular formula is C47H32N2S. The lowest BCUT2D eigenvalue weighted by Gasteiger charge is -2.27. The van der Waals surface area contributed by atoms with Gasteiger partial charge in [0.2, 0.25) is 0 Å². The Hall–Kier alpha value is -5.90. The van der Waals surface area contributed by atoms with E-state index in [0.29, 0.717) is 0 Å². The zero-order valence-electron chi connectivity index (χ0n) is 27.8. The standard InChI is InChI=1S/C47H32N2S/c1-47(2)40-17-8-6-14-34(40)35-26-24-33(27-41(35)47)48(32-22-19-30(20-23-32)29-11-4-3-5-12-29)43-28-39-37-16-10-13-31-21-25-38-36-15-7-9-18-42(36)49(46(39)50-43)45(38)44(31)37/h3-28H,1-2H3. The van der Waals surface area contributed by atoms with Gasteiger partial charge in [0.05, 0.1) is 11.0 Å². The average molecular weight is 657 g/mol. The molecule has 1 aliphatic rings. The second-order valence-electron chi connectivity index (χ2n) is 14.2. The van der Waals surface area contributed by atoms with Gasteiger partial charge in [0.1, 0.15) is 9.83 Å². The van der Waals surface area contributed by atoms with Crippen molar-refractivity contribution in [2.75, 3.05) is 4.90 Å². The first kappa shape index (κ1) is 28.0. The van der Waals surface area contributed by atoms with E-state index in [2.05, 4.69) is 181 Å². The predicted octanol–water partition coefficient (Wildman–Crippen LogP) is 13.5. The van der Waals surface area contributed by atoms with Crippen molar-refractivity contribution in [2.45, 2.75) is 19.3 Å². The molecule has 11 rings (SSSR count). The lowest BCUT2D eigenvalue weighted by atomic mass is 9.82. The van der Waals surface area contributed by atoms with Crippen LogP contribution in [0.4, 0.5) is 16.4 Å². The summed E-state index contributed by atoms with van der Waals surface area (Å²) in [4.78, 5) is 3.75. The van der Waals surface area contributed by atoms with Crippen LogP contribution in [0.1, 0.15) is 25.0 Å². The Morgan fingerprint density at radius 1 is 0.520 bits per heavy atom. The summed E-state index contributed by atoms with van der Waals surface area (Å²) in [5, 5.41) is 9.04. The van der Waals surface area contributed by atoms with Crippen LogP contribution in [0.3, 0.4) is 0 Å². The smallest absolute Gasteiger partial charge is 0.110 e. The summed E-state index contributed by atoms with van der Waals surface area (Å²) in [5.74, 6) is 0. The fraction of sp³-hybridized carbons (Fsp3) is 0.0638. The number of anilines is 3. The summed E-state index contributed by atoms with van der Waals surface area (Å²) >= 11 is 1.88. The van der Waals surface area contributed by atoms with Gasteiger partial charge in [-0.15, -0.1) is 0 Å². The number of thiophene rings is 1. The average Bonchev–Trinajstić information content (AvgIpc) is 3.81. The molecule has 10 aromatic rings. The molecule has 236 valence electrons. The molecule has 1 aliphatic carbocycles. The number of nitrogens with zero attached hydrogens (tertiary/aromatic N) is 2. The lowest BCUT2D eigenvalue weighted by Crippen LogP contribution is -2.16. The second-order valence-corrected chi connectivity index (χ2v) is 15.2. The molecule has 0 fully saturated rings. The molecule has 3 heterocycles. The maximum Gasteiger partial charge on any atom is 0.110 e. The molecule has 0 atom stereocenters. The molecule has 50 heavy (non-hydrogen) atoms. The number of fused-ring (bicyclic) bond motifs is 9. The van der Waals surface area contributed by atoms with Crippen molar-refractivity contribution in [2.24, 2.45) is 0 Å². The molecule has 0 N–H and O–H groups in total. The second kappa shape index (κ2) is 10.1. The van der Waals surface area contributed by atoms with Gasteiger partial charge < -0.3 is 4.90 Å².